The average Bonchev–Trinajstić information content (AvgIpc) is 1.76. The van der Waals surface area contributed by atoms with Gasteiger partial charge in [-0.3, -0.25) is 4.79 Å². The summed E-state index contributed by atoms with van der Waals surface area (Å²) in [5, 5.41) is 22.8. The van der Waals surface area contributed by atoms with Crippen LogP contribution < -0.4 is 34.5 Å². The summed E-state index contributed by atoms with van der Waals surface area (Å²) in [7, 11) is 0. The molecular formula is C88H109I4N20O8-. The van der Waals surface area contributed by atoms with Gasteiger partial charge < -0.3 is 73.4 Å². The molecule has 0 saturated heterocycles. The zero-order valence-electron chi connectivity index (χ0n) is 69.4. The molecule has 3 aliphatic carbocycles. The third-order valence-electron chi connectivity index (χ3n) is 23.3. The van der Waals surface area contributed by atoms with Gasteiger partial charge in [-0.05, 0) is 123 Å². The van der Waals surface area contributed by atoms with Gasteiger partial charge in [-0.2, -0.15) is 0 Å². The molecule has 7 aromatic heterocycles. The maximum atomic E-state index is 12.8. The van der Waals surface area contributed by atoms with Gasteiger partial charge in [0.1, 0.15) is 42.1 Å². The van der Waals surface area contributed by atoms with E-state index in [0.29, 0.717) is 106 Å². The first-order chi connectivity index (χ1) is 59.0. The number of anilines is 3. The van der Waals surface area contributed by atoms with Gasteiger partial charge in [0.25, 0.3) is 0 Å². The molecule has 3 aromatic carbocycles. The first-order valence-electron chi connectivity index (χ1n) is 42.4. The Balaban J connectivity index is 0.000000127. The summed E-state index contributed by atoms with van der Waals surface area (Å²) in [5.74, 6) is 7.12. The number of ether oxygens (including phenoxy) is 4. The molecule has 5 N–H and O–H groups in total. The van der Waals surface area contributed by atoms with E-state index in [2.05, 4.69) is 189 Å². The van der Waals surface area contributed by atoms with Crippen molar-refractivity contribution in [3.63, 3.8) is 0 Å². The molecule has 0 fully saturated rings. The molecule has 4 unspecified atom stereocenters. The number of aliphatic hydroxyl groups is 1. The number of esters is 1. The number of nitrogens with zero attached hydrogens (tertiary/aromatic N) is 16. The van der Waals surface area contributed by atoms with E-state index >= 15 is 0 Å². The number of aliphatic hydroxyl groups excluding tert-OH is 1. The summed E-state index contributed by atoms with van der Waals surface area (Å²) >= 11 is 7.26. The monoisotopic (exact) mass is 2080 g/mol. The fourth-order valence-electron chi connectivity index (χ4n) is 17.2. The van der Waals surface area contributed by atoms with E-state index in [0.717, 1.165) is 194 Å². The molecule has 10 aromatic rings. The summed E-state index contributed by atoms with van der Waals surface area (Å²) in [4.78, 5) is 86.0. The molecule has 0 radical (unpaired) electrons. The number of aromatic nitrogens is 14. The van der Waals surface area contributed by atoms with Gasteiger partial charge in [-0.25, -0.2) is 59.4 Å². The number of imidazole rings is 4. The number of aryl methyl sites for hydroxylation is 4. The molecule has 14 heterocycles. The average molecular weight is 2080 g/mol. The number of fused-ring (bicyclic) bond motifs is 10. The standard InChI is InChI=1S/2C25H28N6O2.C16H18N4.C13H20N2O3.C8H12N2O.CH3I.I3/c32-25(33-16-17-5-6-23-26-8-10-30(23)14-17)31-9-7-22-20(15-31)13-27-24(29-22)28-21-11-18-3-1-2-4-19(18)12-21;32-24(16-33-21-5-6-23-26-8-10-30(23)15-21)31-9-7-22-19(14-31)13-27-25(29-22)28-20-11-17-3-1-2-4-18(17)12-20;1-2-4-12-8-14(7-11(12)3-1)19-16-18-10-13-9-17-6-5-15(13)20-16;1-13(2,3)18-12(16)9-17-10-4-5-11-14-6-7-15(11)8-10;11-6-7-1-2-8-9-3-4-10(8)5-7;1-2;1-3-2/h1-4,8,10,13,17,21H,5-7,9,11-12,14-16H2,(H,27,28,29);1-4,8,10,13,20-21H,5-7,9,11-12,14-16H2,(H,27,28,29);1-4,10,14,17H,5-9H2,(H,18,19,20);6-7,10H,4-5,8-9H2,1-3H3;3-4,7,11H,1-2,5-6H2;1H3;/q;;;;;;-1/i;;;;;1D;. The Hall–Kier alpha value is -7.89. The second-order valence-electron chi connectivity index (χ2n) is 32.9. The van der Waals surface area contributed by atoms with E-state index in [-0.39, 0.29) is 43.4 Å². The SMILES string of the molecule is CC(C)(C)OC(=O)COC1CCc2nccn2C1.I[I-]I.O=C(COC1CCc2nccn2C1)N1CCc2nc(NC3Cc4ccccc4C3)ncc2C1.O=C(OCC1CCc2nccn2C1)N1CCc2nc(NC3Cc4ccccc4C3)ncc2C1.OCC1CCc2nccn2C1.[2H]CI.c1ccc2c(c1)CC(Nc1ncc3c(n1)CCNC3)C2. The maximum Gasteiger partial charge on any atom is 0.410 e. The Morgan fingerprint density at radius 3 is 1.34 bits per heavy atom. The smallest absolute Gasteiger partial charge is 0.410 e. The first kappa shape index (κ1) is 87.0. The number of hydrogen-bond acceptors (Lipinski definition) is 22. The number of nitrogens with one attached hydrogen (secondary N) is 4. The van der Waals surface area contributed by atoms with Crippen LogP contribution in [0.15, 0.2) is 141 Å². The van der Waals surface area contributed by atoms with Crippen molar-refractivity contribution in [1.29, 1.82) is 0 Å². The number of rotatable bonds is 15. The number of carbonyl (C=O) groups is 3. The Labute approximate surface area is 747 Å². The van der Waals surface area contributed by atoms with Crippen molar-refractivity contribution >= 4 is 95.6 Å². The molecular weight excluding hydrogens is 1970 g/mol. The summed E-state index contributed by atoms with van der Waals surface area (Å²) in [6.07, 6.45) is 37.0. The molecule has 4 atom stereocenters. The van der Waals surface area contributed by atoms with E-state index in [1.54, 1.807) is 11.1 Å². The quantitative estimate of drug-likeness (QED) is 0.0364. The minimum atomic E-state index is -0.454. The van der Waals surface area contributed by atoms with E-state index in [9.17, 15) is 14.4 Å². The zero-order valence-corrected chi connectivity index (χ0v) is 77.1. The van der Waals surface area contributed by atoms with Crippen LogP contribution in [0.5, 0.6) is 0 Å². The van der Waals surface area contributed by atoms with Gasteiger partial charge in [0.05, 0.1) is 55.5 Å². The molecule has 20 rings (SSSR count). The first-order valence-corrected chi connectivity index (χ1v) is 55.8. The van der Waals surface area contributed by atoms with E-state index in [1.165, 1.54) is 44.6 Å². The summed E-state index contributed by atoms with van der Waals surface area (Å²) in [6.45, 7) is 14.0. The second kappa shape index (κ2) is 43.4. The topological polar surface area (TPSA) is 312 Å². The summed E-state index contributed by atoms with van der Waals surface area (Å²) < 4.78 is 37.1. The maximum absolute atomic E-state index is 12.8. The van der Waals surface area contributed by atoms with E-state index in [4.69, 9.17) is 35.4 Å². The largest absolute Gasteiger partial charge is 0.449 e. The van der Waals surface area contributed by atoms with Gasteiger partial charge >= 0.3 is 62.5 Å². The molecule has 7 aliphatic heterocycles. The number of hydrogen-bond donors (Lipinski definition) is 5. The van der Waals surface area contributed by atoms with Crippen LogP contribution in [-0.2, 0) is 158 Å². The number of alkyl halides is 1. The van der Waals surface area contributed by atoms with Gasteiger partial charge in [0.15, 0.2) is 0 Å². The van der Waals surface area contributed by atoms with Crippen LogP contribution in [0.3, 0.4) is 0 Å². The summed E-state index contributed by atoms with van der Waals surface area (Å²) in [5.41, 5.74) is 14.6. The van der Waals surface area contributed by atoms with Crippen LogP contribution in [-0.4, -0.2) is 188 Å². The van der Waals surface area contributed by atoms with Crippen molar-refractivity contribution in [2.24, 2.45) is 11.8 Å². The van der Waals surface area contributed by atoms with Crippen molar-refractivity contribution in [3.05, 3.63) is 231 Å². The minimum Gasteiger partial charge on any atom is -0.449 e. The van der Waals surface area contributed by atoms with Crippen molar-refractivity contribution in [2.75, 3.05) is 66.9 Å². The normalized spacial score (nSPS) is 19.1. The molecule has 638 valence electrons. The van der Waals surface area contributed by atoms with Gasteiger partial charge in [-0.15, -0.1) is 0 Å². The molecule has 28 nitrogen and oxygen atoms in total. The minimum absolute atomic E-state index is 0.0198. The number of amides is 2. The third kappa shape index (κ3) is 24.5. The Bertz CT molecular complexity index is 4800. The number of benzene rings is 3. The number of carbonyl (C=O) groups excluding carboxylic acids is 3. The van der Waals surface area contributed by atoms with Gasteiger partial charge in [-0.1, -0.05) is 95.4 Å². The molecule has 0 bridgehead atoms. The van der Waals surface area contributed by atoms with Crippen LogP contribution in [0.25, 0.3) is 0 Å². The fourth-order valence-corrected chi connectivity index (χ4v) is 17.2. The van der Waals surface area contributed by atoms with E-state index < -0.39 is 5.60 Å². The van der Waals surface area contributed by atoms with Gasteiger partial charge in [0.2, 0.25) is 23.8 Å². The number of halogens is 4. The molecule has 120 heavy (non-hydrogen) atoms. The third-order valence-corrected chi connectivity index (χ3v) is 23.3. The van der Waals surface area contributed by atoms with Crippen LogP contribution in [0, 0.1) is 11.8 Å². The van der Waals surface area contributed by atoms with Crippen molar-refractivity contribution in [2.45, 2.75) is 212 Å². The second-order valence-corrected chi connectivity index (χ2v) is 49.1. The Kier molecular flexibility index (Phi) is 31.5. The molecule has 10 aliphatic rings. The van der Waals surface area contributed by atoms with Crippen LogP contribution in [0.2, 0.25) is 0 Å². The fraction of sp³-hybridized carbons (Fsp3) is 0.489. The van der Waals surface area contributed by atoms with Gasteiger partial charge in [0, 0.05) is 214 Å². The van der Waals surface area contributed by atoms with Crippen LogP contribution >= 0.6 is 59.8 Å². The van der Waals surface area contributed by atoms with Crippen molar-refractivity contribution in [1.82, 2.24) is 83.2 Å². The Morgan fingerprint density at radius 2 is 0.900 bits per heavy atom. The molecule has 2 amide bonds. The zero-order chi connectivity index (χ0) is 84.0. The van der Waals surface area contributed by atoms with Crippen LogP contribution in [0.4, 0.5) is 22.6 Å². The summed E-state index contributed by atoms with van der Waals surface area (Å²) in [6, 6.07) is 26.9. The van der Waals surface area contributed by atoms with Crippen molar-refractivity contribution in [3.8, 4) is 0 Å². The predicted molar refractivity (Wildman–Crippen MR) is 479 cm³/mol. The molecule has 0 spiro atoms. The van der Waals surface area contributed by atoms with E-state index in [1.807, 2.05) is 110 Å². The molecule has 32 heteroatoms. The van der Waals surface area contributed by atoms with Crippen molar-refractivity contribution < 1.29 is 53.1 Å². The Morgan fingerprint density at radius 1 is 0.517 bits per heavy atom. The molecule has 0 saturated carbocycles. The van der Waals surface area contributed by atoms with Crippen LogP contribution in [0.1, 0.15) is 138 Å². The predicted octanol–water partition coefficient (Wildman–Crippen LogP) is 8.70.